The van der Waals surface area contributed by atoms with E-state index in [1.165, 1.54) is 4.90 Å². The molecule has 0 fully saturated rings. The van der Waals surface area contributed by atoms with Crippen LogP contribution >= 0.6 is 0 Å². The van der Waals surface area contributed by atoms with E-state index in [4.69, 9.17) is 5.11 Å². The molecule has 0 saturated heterocycles. The highest BCUT2D eigenvalue weighted by molar-refractivity contribution is 5.93. The van der Waals surface area contributed by atoms with E-state index >= 15 is 0 Å². The van der Waals surface area contributed by atoms with Crippen LogP contribution in [0.25, 0.3) is 0 Å². The maximum atomic E-state index is 13.4. The average molecular weight is 254 g/mol. The molecule has 0 aliphatic rings. The van der Waals surface area contributed by atoms with Gasteiger partial charge >= 0.3 is 12.0 Å². The fraction of sp³-hybridized carbons (Fsp3) is 0.333. The van der Waals surface area contributed by atoms with Crippen molar-refractivity contribution in [3.8, 4) is 0 Å². The summed E-state index contributed by atoms with van der Waals surface area (Å²) >= 11 is 0. The van der Waals surface area contributed by atoms with Crippen molar-refractivity contribution in [1.29, 1.82) is 0 Å². The Bertz CT molecular complexity index is 459. The molecule has 0 aliphatic heterocycles. The number of rotatable bonds is 4. The van der Waals surface area contributed by atoms with Crippen molar-refractivity contribution in [1.82, 2.24) is 4.90 Å². The number of anilines is 1. The second-order valence-electron chi connectivity index (χ2n) is 3.60. The van der Waals surface area contributed by atoms with Gasteiger partial charge < -0.3 is 15.3 Å². The lowest BCUT2D eigenvalue weighted by Gasteiger charge is -2.19. The Balaban J connectivity index is 2.93. The Morgan fingerprint density at radius 2 is 1.94 bits per heavy atom. The van der Waals surface area contributed by atoms with Gasteiger partial charge in [0.2, 0.25) is 0 Å². The summed E-state index contributed by atoms with van der Waals surface area (Å²) < 4.78 is 13.4. The number of carboxylic acids is 1. The number of aromatic carboxylic acids is 1. The molecule has 2 amide bonds. The van der Waals surface area contributed by atoms with E-state index in [0.717, 1.165) is 18.2 Å². The molecule has 0 aliphatic carbocycles. The maximum Gasteiger partial charge on any atom is 0.335 e. The molecule has 98 valence electrons. The van der Waals surface area contributed by atoms with Crippen molar-refractivity contribution in [2.24, 2.45) is 0 Å². The van der Waals surface area contributed by atoms with Crippen LogP contribution < -0.4 is 5.32 Å². The molecule has 0 unspecified atom stereocenters. The number of halogens is 1. The molecular weight excluding hydrogens is 239 g/mol. The van der Waals surface area contributed by atoms with Crippen LogP contribution in [0.3, 0.4) is 0 Å². The number of hydrogen-bond acceptors (Lipinski definition) is 2. The number of benzene rings is 1. The van der Waals surface area contributed by atoms with Crippen molar-refractivity contribution >= 4 is 17.7 Å². The van der Waals surface area contributed by atoms with Gasteiger partial charge in [0.05, 0.1) is 11.3 Å². The number of nitrogens with one attached hydrogen (secondary N) is 1. The Kier molecular flexibility index (Phi) is 4.65. The summed E-state index contributed by atoms with van der Waals surface area (Å²) in [5.41, 5.74) is -0.210. The van der Waals surface area contributed by atoms with Gasteiger partial charge in [0.15, 0.2) is 0 Å². The molecular formula is C12H15FN2O3. The predicted molar refractivity (Wildman–Crippen MR) is 65.3 cm³/mol. The quantitative estimate of drug-likeness (QED) is 0.866. The fourth-order valence-corrected chi connectivity index (χ4v) is 1.46. The van der Waals surface area contributed by atoms with Crippen LogP contribution in [0.5, 0.6) is 0 Å². The number of hydrogen-bond donors (Lipinski definition) is 2. The van der Waals surface area contributed by atoms with Crippen LogP contribution in [0, 0.1) is 5.82 Å². The molecule has 18 heavy (non-hydrogen) atoms. The molecule has 0 atom stereocenters. The van der Waals surface area contributed by atoms with Crippen molar-refractivity contribution < 1.29 is 19.1 Å². The van der Waals surface area contributed by atoms with Crippen LogP contribution in [0.1, 0.15) is 24.2 Å². The van der Waals surface area contributed by atoms with Crippen LogP contribution in [-0.4, -0.2) is 35.1 Å². The minimum atomic E-state index is -1.17. The highest BCUT2D eigenvalue weighted by Gasteiger charge is 2.14. The molecule has 0 heterocycles. The minimum absolute atomic E-state index is 0.0775. The predicted octanol–water partition coefficient (Wildman–Crippen LogP) is 2.40. The fourth-order valence-electron chi connectivity index (χ4n) is 1.46. The van der Waals surface area contributed by atoms with Gasteiger partial charge in [-0.3, -0.25) is 0 Å². The van der Waals surface area contributed by atoms with Crippen molar-refractivity contribution in [3.05, 3.63) is 29.6 Å². The van der Waals surface area contributed by atoms with E-state index in [1.807, 2.05) is 0 Å². The third kappa shape index (κ3) is 3.19. The second-order valence-corrected chi connectivity index (χ2v) is 3.60. The molecule has 0 saturated carbocycles. The molecule has 1 aromatic carbocycles. The highest BCUT2D eigenvalue weighted by Crippen LogP contribution is 2.16. The first-order valence-electron chi connectivity index (χ1n) is 5.58. The summed E-state index contributed by atoms with van der Waals surface area (Å²) in [5, 5.41) is 11.1. The number of amides is 2. The molecule has 5 nitrogen and oxygen atoms in total. The van der Waals surface area contributed by atoms with Gasteiger partial charge in [0.1, 0.15) is 5.82 Å². The first kappa shape index (κ1) is 14.0. The third-order valence-electron chi connectivity index (χ3n) is 2.51. The summed E-state index contributed by atoms with van der Waals surface area (Å²) in [7, 11) is 0. The second kappa shape index (κ2) is 6.00. The molecule has 0 bridgehead atoms. The zero-order valence-electron chi connectivity index (χ0n) is 10.2. The number of nitrogens with zero attached hydrogens (tertiary/aromatic N) is 1. The minimum Gasteiger partial charge on any atom is -0.478 e. The van der Waals surface area contributed by atoms with E-state index in [0.29, 0.717) is 13.1 Å². The zero-order valence-corrected chi connectivity index (χ0v) is 10.2. The van der Waals surface area contributed by atoms with E-state index in [9.17, 15) is 14.0 Å². The van der Waals surface area contributed by atoms with Crippen LogP contribution in [0.4, 0.5) is 14.9 Å². The van der Waals surface area contributed by atoms with Gasteiger partial charge in [0.25, 0.3) is 0 Å². The van der Waals surface area contributed by atoms with Gasteiger partial charge in [-0.25, -0.2) is 14.0 Å². The average Bonchev–Trinajstić information content (AvgIpc) is 2.33. The monoisotopic (exact) mass is 254 g/mol. The molecule has 1 aromatic rings. The molecule has 0 aromatic heterocycles. The summed E-state index contributed by atoms with van der Waals surface area (Å²) in [5.74, 6) is -1.84. The smallest absolute Gasteiger partial charge is 0.335 e. The standard InChI is InChI=1S/C12H15FN2O3/c1-3-15(4-2)12(18)14-10-7-8(11(16)17)5-6-9(10)13/h5-7H,3-4H2,1-2H3,(H,14,18)(H,16,17). The van der Waals surface area contributed by atoms with Crippen LogP contribution in [0.2, 0.25) is 0 Å². The first-order chi connectivity index (χ1) is 8.49. The van der Waals surface area contributed by atoms with E-state index in [1.54, 1.807) is 13.8 Å². The number of carboxylic acid groups (broad SMARTS) is 1. The summed E-state index contributed by atoms with van der Waals surface area (Å²) in [6.07, 6.45) is 0. The summed E-state index contributed by atoms with van der Waals surface area (Å²) in [6, 6.07) is 2.80. The Morgan fingerprint density at radius 3 is 2.44 bits per heavy atom. The van der Waals surface area contributed by atoms with Gasteiger partial charge in [-0.1, -0.05) is 0 Å². The number of carbonyl (C=O) groups excluding carboxylic acids is 1. The highest BCUT2D eigenvalue weighted by atomic mass is 19.1. The molecule has 1 rings (SSSR count). The van der Waals surface area contributed by atoms with E-state index < -0.39 is 17.8 Å². The van der Waals surface area contributed by atoms with Crippen molar-refractivity contribution in [2.75, 3.05) is 18.4 Å². The lowest BCUT2D eigenvalue weighted by Crippen LogP contribution is -2.34. The zero-order chi connectivity index (χ0) is 13.7. The van der Waals surface area contributed by atoms with E-state index in [-0.39, 0.29) is 11.3 Å². The van der Waals surface area contributed by atoms with Crippen molar-refractivity contribution in [3.63, 3.8) is 0 Å². The summed E-state index contributed by atoms with van der Waals surface area (Å²) in [4.78, 5) is 23.9. The molecule has 2 N–H and O–H groups in total. The van der Waals surface area contributed by atoms with Crippen LogP contribution in [-0.2, 0) is 0 Å². The topological polar surface area (TPSA) is 69.6 Å². The summed E-state index contributed by atoms with van der Waals surface area (Å²) in [6.45, 7) is 4.57. The SMILES string of the molecule is CCN(CC)C(=O)Nc1cc(C(=O)O)ccc1F. The Labute approximate surface area is 104 Å². The number of urea groups is 1. The normalized spacial score (nSPS) is 9.94. The molecule has 0 radical (unpaired) electrons. The van der Waals surface area contributed by atoms with Gasteiger partial charge in [-0.05, 0) is 32.0 Å². The van der Waals surface area contributed by atoms with E-state index in [2.05, 4.69) is 5.32 Å². The lowest BCUT2D eigenvalue weighted by molar-refractivity contribution is 0.0697. The first-order valence-corrected chi connectivity index (χ1v) is 5.58. The van der Waals surface area contributed by atoms with Gasteiger partial charge in [-0.2, -0.15) is 0 Å². The Morgan fingerprint density at radius 1 is 1.33 bits per heavy atom. The van der Waals surface area contributed by atoms with Gasteiger partial charge in [-0.15, -0.1) is 0 Å². The molecule has 6 heteroatoms. The number of carbonyl (C=O) groups is 2. The Hall–Kier alpha value is -2.11. The van der Waals surface area contributed by atoms with Crippen molar-refractivity contribution in [2.45, 2.75) is 13.8 Å². The lowest BCUT2D eigenvalue weighted by atomic mass is 10.2. The van der Waals surface area contributed by atoms with Gasteiger partial charge in [0, 0.05) is 13.1 Å². The largest absolute Gasteiger partial charge is 0.478 e. The molecule has 0 spiro atoms. The van der Waals surface area contributed by atoms with Crippen LogP contribution in [0.15, 0.2) is 18.2 Å². The third-order valence-corrected chi connectivity index (χ3v) is 2.51. The maximum absolute atomic E-state index is 13.4.